The van der Waals surface area contributed by atoms with Crippen LogP contribution in [0.5, 0.6) is 11.5 Å². The zero-order valence-electron chi connectivity index (χ0n) is 14.7. The number of benzene rings is 2. The lowest BCUT2D eigenvalue weighted by molar-refractivity contribution is -0.385. The number of rotatable bonds is 7. The minimum atomic E-state index is -0.604. The van der Waals surface area contributed by atoms with Crippen molar-refractivity contribution < 1.29 is 19.2 Å². The molecule has 1 N–H and O–H groups in total. The monoisotopic (exact) mass is 446 g/mol. The second-order valence-electron chi connectivity index (χ2n) is 5.59. The van der Waals surface area contributed by atoms with Crippen molar-refractivity contribution in [1.82, 2.24) is 9.78 Å². The number of methoxy groups -OCH3 is 1. The number of carbonyl (C=O) groups is 1. The van der Waals surface area contributed by atoms with E-state index in [-0.39, 0.29) is 23.7 Å². The number of nitro groups is 1. The van der Waals surface area contributed by atoms with Gasteiger partial charge in [-0.25, -0.2) is 4.68 Å². The third-order valence-corrected chi connectivity index (χ3v) is 4.23. The van der Waals surface area contributed by atoms with E-state index < -0.39 is 10.8 Å². The predicted molar refractivity (Wildman–Crippen MR) is 105 cm³/mol. The van der Waals surface area contributed by atoms with E-state index in [0.29, 0.717) is 11.4 Å². The number of nitro benzene ring substituents is 1. The van der Waals surface area contributed by atoms with Gasteiger partial charge in [0.2, 0.25) is 0 Å². The van der Waals surface area contributed by atoms with Crippen LogP contribution in [0.2, 0.25) is 0 Å². The molecule has 28 heavy (non-hydrogen) atoms. The van der Waals surface area contributed by atoms with Gasteiger partial charge in [0, 0.05) is 16.1 Å². The molecular formula is C18H15BrN4O5. The second-order valence-corrected chi connectivity index (χ2v) is 6.51. The predicted octanol–water partition coefficient (Wildman–Crippen LogP) is 3.85. The van der Waals surface area contributed by atoms with Crippen LogP contribution in [-0.2, 0) is 6.73 Å². The van der Waals surface area contributed by atoms with Gasteiger partial charge in [-0.2, -0.15) is 5.10 Å². The summed E-state index contributed by atoms with van der Waals surface area (Å²) in [6.07, 6.45) is 3.05. The summed E-state index contributed by atoms with van der Waals surface area (Å²) in [5, 5.41) is 17.8. The molecule has 0 saturated carbocycles. The number of nitrogens with zero attached hydrogens (tertiary/aromatic N) is 3. The van der Waals surface area contributed by atoms with Gasteiger partial charge in [0.1, 0.15) is 5.75 Å². The number of hydrogen-bond donors (Lipinski definition) is 1. The molecule has 1 heterocycles. The summed E-state index contributed by atoms with van der Waals surface area (Å²) in [5.41, 5.74) is 0.281. The quantitative estimate of drug-likeness (QED) is 0.436. The molecule has 0 bridgehead atoms. The number of nitrogens with one attached hydrogen (secondary N) is 1. The standard InChI is InChI=1S/C18H15BrN4O5/c1-27-17-7-2-12(8-16(17)23(25)26)18(24)21-14-9-20-22(10-14)11-28-15-5-3-13(19)4-6-15/h2-10H,11H2,1H3,(H,21,24). The molecular weight excluding hydrogens is 432 g/mol. The highest BCUT2D eigenvalue weighted by Crippen LogP contribution is 2.27. The Morgan fingerprint density at radius 1 is 1.29 bits per heavy atom. The van der Waals surface area contributed by atoms with Crippen LogP contribution in [0.3, 0.4) is 0 Å². The first-order chi connectivity index (χ1) is 13.5. The molecule has 1 amide bonds. The van der Waals surface area contributed by atoms with Gasteiger partial charge < -0.3 is 14.8 Å². The molecule has 0 aliphatic carbocycles. The Hall–Kier alpha value is -3.40. The van der Waals surface area contributed by atoms with Gasteiger partial charge in [-0.05, 0) is 36.4 Å². The molecule has 0 radical (unpaired) electrons. The summed E-state index contributed by atoms with van der Waals surface area (Å²) < 4.78 is 13.0. The first-order valence-corrected chi connectivity index (χ1v) is 8.80. The molecule has 0 aliphatic heterocycles. The summed E-state index contributed by atoms with van der Waals surface area (Å²) in [6.45, 7) is 0.158. The zero-order chi connectivity index (χ0) is 20.1. The summed E-state index contributed by atoms with van der Waals surface area (Å²) in [6, 6.07) is 11.3. The van der Waals surface area contributed by atoms with Crippen LogP contribution in [0.15, 0.2) is 59.3 Å². The number of anilines is 1. The van der Waals surface area contributed by atoms with E-state index in [1.807, 2.05) is 24.3 Å². The fraction of sp³-hybridized carbons (Fsp3) is 0.111. The van der Waals surface area contributed by atoms with Crippen molar-refractivity contribution >= 4 is 33.2 Å². The van der Waals surface area contributed by atoms with Crippen molar-refractivity contribution in [3.05, 3.63) is 75.0 Å². The van der Waals surface area contributed by atoms with E-state index in [1.165, 1.54) is 30.1 Å². The Bertz CT molecular complexity index is 1000. The Kier molecular flexibility index (Phi) is 5.90. The highest BCUT2D eigenvalue weighted by Gasteiger charge is 2.18. The lowest BCUT2D eigenvalue weighted by atomic mass is 10.1. The maximum Gasteiger partial charge on any atom is 0.311 e. The summed E-state index contributed by atoms with van der Waals surface area (Å²) >= 11 is 3.35. The van der Waals surface area contributed by atoms with Crippen molar-refractivity contribution in [3.8, 4) is 11.5 Å². The molecule has 144 valence electrons. The van der Waals surface area contributed by atoms with Crippen LogP contribution in [-0.4, -0.2) is 27.7 Å². The third-order valence-electron chi connectivity index (χ3n) is 3.71. The number of carbonyl (C=O) groups excluding carboxylic acids is 1. The van der Waals surface area contributed by atoms with Crippen LogP contribution < -0.4 is 14.8 Å². The van der Waals surface area contributed by atoms with Crippen LogP contribution in [0.25, 0.3) is 0 Å². The van der Waals surface area contributed by atoms with Crippen molar-refractivity contribution in [1.29, 1.82) is 0 Å². The van der Waals surface area contributed by atoms with Gasteiger partial charge in [-0.15, -0.1) is 0 Å². The smallest absolute Gasteiger partial charge is 0.311 e. The SMILES string of the molecule is COc1ccc(C(=O)Nc2cnn(COc3ccc(Br)cc3)c2)cc1[N+](=O)[O-]. The first kappa shape index (κ1) is 19.4. The van der Waals surface area contributed by atoms with Crippen LogP contribution in [0.4, 0.5) is 11.4 Å². The van der Waals surface area contributed by atoms with Gasteiger partial charge in [0.25, 0.3) is 5.91 Å². The number of ether oxygens (including phenoxy) is 2. The van der Waals surface area contributed by atoms with Crippen molar-refractivity contribution in [3.63, 3.8) is 0 Å². The van der Waals surface area contributed by atoms with E-state index in [4.69, 9.17) is 9.47 Å². The van der Waals surface area contributed by atoms with Gasteiger partial charge in [-0.1, -0.05) is 15.9 Å². The average molecular weight is 447 g/mol. The number of amides is 1. The molecule has 0 atom stereocenters. The van der Waals surface area contributed by atoms with E-state index in [2.05, 4.69) is 26.3 Å². The molecule has 3 aromatic rings. The highest BCUT2D eigenvalue weighted by atomic mass is 79.9. The number of halogens is 1. The van der Waals surface area contributed by atoms with Gasteiger partial charge in [0.15, 0.2) is 12.5 Å². The van der Waals surface area contributed by atoms with Crippen LogP contribution in [0, 0.1) is 10.1 Å². The lowest BCUT2D eigenvalue weighted by Gasteiger charge is -2.06. The third kappa shape index (κ3) is 4.65. The number of hydrogen-bond acceptors (Lipinski definition) is 6. The van der Waals surface area contributed by atoms with Crippen molar-refractivity contribution in [2.45, 2.75) is 6.73 Å². The topological polar surface area (TPSA) is 109 Å². The molecule has 0 unspecified atom stereocenters. The molecule has 0 fully saturated rings. The normalized spacial score (nSPS) is 10.4. The Balaban J connectivity index is 1.64. The molecule has 1 aromatic heterocycles. The van der Waals surface area contributed by atoms with Gasteiger partial charge in [0.05, 0.1) is 30.1 Å². The lowest BCUT2D eigenvalue weighted by Crippen LogP contribution is -2.12. The molecule has 0 spiro atoms. The second kappa shape index (κ2) is 8.53. The summed E-state index contributed by atoms with van der Waals surface area (Å²) in [7, 11) is 1.33. The van der Waals surface area contributed by atoms with Crippen LogP contribution >= 0.6 is 15.9 Å². The molecule has 9 nitrogen and oxygen atoms in total. The summed E-state index contributed by atoms with van der Waals surface area (Å²) in [5.74, 6) is 0.258. The fourth-order valence-electron chi connectivity index (χ4n) is 2.35. The molecule has 0 aliphatic rings. The Morgan fingerprint density at radius 2 is 2.04 bits per heavy atom. The Morgan fingerprint density at radius 3 is 2.71 bits per heavy atom. The van der Waals surface area contributed by atoms with Crippen molar-refractivity contribution in [2.75, 3.05) is 12.4 Å². The molecule has 0 saturated heterocycles. The van der Waals surface area contributed by atoms with E-state index in [1.54, 1.807) is 6.20 Å². The molecule has 10 heteroatoms. The maximum absolute atomic E-state index is 12.4. The zero-order valence-corrected chi connectivity index (χ0v) is 16.3. The van der Waals surface area contributed by atoms with E-state index in [0.717, 1.165) is 10.5 Å². The fourth-order valence-corrected chi connectivity index (χ4v) is 2.61. The molecule has 2 aromatic carbocycles. The minimum absolute atomic E-state index is 0.0828. The van der Waals surface area contributed by atoms with Gasteiger partial charge >= 0.3 is 5.69 Å². The highest BCUT2D eigenvalue weighted by molar-refractivity contribution is 9.10. The Labute approximate surface area is 168 Å². The maximum atomic E-state index is 12.4. The number of aromatic nitrogens is 2. The minimum Gasteiger partial charge on any atom is -0.490 e. The van der Waals surface area contributed by atoms with E-state index >= 15 is 0 Å². The molecule has 3 rings (SSSR count). The average Bonchev–Trinajstić information content (AvgIpc) is 3.14. The largest absolute Gasteiger partial charge is 0.490 e. The van der Waals surface area contributed by atoms with Crippen LogP contribution in [0.1, 0.15) is 10.4 Å². The van der Waals surface area contributed by atoms with E-state index in [9.17, 15) is 14.9 Å². The first-order valence-electron chi connectivity index (χ1n) is 8.01. The van der Waals surface area contributed by atoms with Crippen molar-refractivity contribution in [2.24, 2.45) is 0 Å². The summed E-state index contributed by atoms with van der Waals surface area (Å²) in [4.78, 5) is 22.8. The van der Waals surface area contributed by atoms with Gasteiger partial charge in [-0.3, -0.25) is 14.9 Å².